The zero-order valence-corrected chi connectivity index (χ0v) is 9.18. The second-order valence-electron chi connectivity index (χ2n) is 3.96. The summed E-state index contributed by atoms with van der Waals surface area (Å²) in [4.78, 5) is 13.0. The van der Waals surface area contributed by atoms with Crippen molar-refractivity contribution in [1.82, 2.24) is 15.5 Å². The van der Waals surface area contributed by atoms with Gasteiger partial charge in [-0.15, -0.1) is 0 Å². The Kier molecular flexibility index (Phi) is 4.90. The van der Waals surface area contributed by atoms with Crippen molar-refractivity contribution >= 4 is 5.91 Å². The third kappa shape index (κ3) is 4.07. The van der Waals surface area contributed by atoms with Gasteiger partial charge in [0.15, 0.2) is 0 Å². The SMILES string of the molecule is CC(=O)NCCN(C)C1CCCNC1. The zero-order chi connectivity index (χ0) is 10.4. The Labute approximate surface area is 86.0 Å². The van der Waals surface area contributed by atoms with E-state index in [1.807, 2.05) is 0 Å². The molecule has 0 spiro atoms. The third-order valence-corrected chi connectivity index (χ3v) is 2.73. The van der Waals surface area contributed by atoms with Crippen LogP contribution in [0.4, 0.5) is 0 Å². The number of piperidine rings is 1. The van der Waals surface area contributed by atoms with E-state index in [0.29, 0.717) is 6.04 Å². The van der Waals surface area contributed by atoms with Gasteiger partial charge in [-0.05, 0) is 26.4 Å². The van der Waals surface area contributed by atoms with Crippen molar-refractivity contribution in [2.24, 2.45) is 0 Å². The molecule has 1 heterocycles. The van der Waals surface area contributed by atoms with E-state index in [4.69, 9.17) is 0 Å². The molecule has 4 heteroatoms. The summed E-state index contributed by atoms with van der Waals surface area (Å²) in [5.41, 5.74) is 0. The van der Waals surface area contributed by atoms with Crippen molar-refractivity contribution in [3.8, 4) is 0 Å². The molecular weight excluding hydrogens is 178 g/mol. The molecule has 1 aliphatic heterocycles. The van der Waals surface area contributed by atoms with Gasteiger partial charge in [0, 0.05) is 32.6 Å². The number of carbonyl (C=O) groups is 1. The first-order valence-electron chi connectivity index (χ1n) is 5.35. The van der Waals surface area contributed by atoms with Crippen molar-refractivity contribution < 1.29 is 4.79 Å². The molecule has 0 aromatic heterocycles. The highest BCUT2D eigenvalue weighted by Crippen LogP contribution is 2.07. The fourth-order valence-corrected chi connectivity index (χ4v) is 1.80. The number of hydrogen-bond donors (Lipinski definition) is 2. The van der Waals surface area contributed by atoms with Crippen LogP contribution in [0, 0.1) is 0 Å². The van der Waals surface area contributed by atoms with Crippen LogP contribution in [0.5, 0.6) is 0 Å². The first-order valence-corrected chi connectivity index (χ1v) is 5.35. The lowest BCUT2D eigenvalue weighted by atomic mass is 10.1. The number of likely N-dealkylation sites (N-methyl/N-ethyl adjacent to an activating group) is 1. The summed E-state index contributed by atoms with van der Waals surface area (Å²) in [6.07, 6.45) is 2.53. The number of hydrogen-bond acceptors (Lipinski definition) is 3. The summed E-state index contributed by atoms with van der Waals surface area (Å²) in [6, 6.07) is 0.637. The molecule has 0 radical (unpaired) electrons. The predicted octanol–water partition coefficient (Wildman–Crippen LogP) is -0.194. The molecule has 0 aromatic rings. The number of nitrogens with zero attached hydrogens (tertiary/aromatic N) is 1. The Balaban J connectivity index is 2.13. The molecule has 1 rings (SSSR count). The van der Waals surface area contributed by atoms with Gasteiger partial charge < -0.3 is 15.5 Å². The standard InChI is InChI=1S/C10H21N3O/c1-9(14)12-6-7-13(2)10-4-3-5-11-8-10/h10-11H,3-8H2,1-2H3,(H,12,14). The number of rotatable bonds is 4. The molecule has 1 amide bonds. The van der Waals surface area contributed by atoms with E-state index in [2.05, 4.69) is 22.6 Å². The van der Waals surface area contributed by atoms with E-state index < -0.39 is 0 Å². The summed E-state index contributed by atoms with van der Waals surface area (Å²) in [5.74, 6) is 0.0557. The normalized spacial score (nSPS) is 22.4. The highest BCUT2D eigenvalue weighted by molar-refractivity contribution is 5.72. The molecule has 1 saturated heterocycles. The van der Waals surface area contributed by atoms with Crippen LogP contribution in [-0.4, -0.2) is 50.1 Å². The van der Waals surface area contributed by atoms with Gasteiger partial charge in [-0.25, -0.2) is 0 Å². The summed E-state index contributed by atoms with van der Waals surface area (Å²) in [7, 11) is 2.12. The van der Waals surface area contributed by atoms with Crippen LogP contribution in [0.25, 0.3) is 0 Å². The minimum absolute atomic E-state index is 0.0557. The first-order chi connectivity index (χ1) is 6.70. The molecule has 0 saturated carbocycles. The van der Waals surface area contributed by atoms with Gasteiger partial charge in [0.05, 0.1) is 0 Å². The van der Waals surface area contributed by atoms with Crippen LogP contribution >= 0.6 is 0 Å². The Hall–Kier alpha value is -0.610. The predicted molar refractivity (Wildman–Crippen MR) is 57.2 cm³/mol. The smallest absolute Gasteiger partial charge is 0.216 e. The van der Waals surface area contributed by atoms with Gasteiger partial charge in [0.1, 0.15) is 0 Å². The fourth-order valence-electron chi connectivity index (χ4n) is 1.80. The molecule has 0 aliphatic carbocycles. The van der Waals surface area contributed by atoms with Gasteiger partial charge in [-0.1, -0.05) is 0 Å². The third-order valence-electron chi connectivity index (χ3n) is 2.73. The van der Waals surface area contributed by atoms with Crippen LogP contribution in [0.3, 0.4) is 0 Å². The largest absolute Gasteiger partial charge is 0.355 e. The van der Waals surface area contributed by atoms with Gasteiger partial charge >= 0.3 is 0 Å². The highest BCUT2D eigenvalue weighted by atomic mass is 16.1. The maximum Gasteiger partial charge on any atom is 0.216 e. The average Bonchev–Trinajstić information content (AvgIpc) is 2.18. The van der Waals surface area contributed by atoms with E-state index in [9.17, 15) is 4.79 Å². The van der Waals surface area contributed by atoms with Crippen molar-refractivity contribution in [2.45, 2.75) is 25.8 Å². The molecule has 0 aromatic carbocycles. The maximum atomic E-state index is 10.7. The molecule has 14 heavy (non-hydrogen) atoms. The quantitative estimate of drug-likeness (QED) is 0.659. The van der Waals surface area contributed by atoms with Crippen molar-refractivity contribution in [1.29, 1.82) is 0 Å². The van der Waals surface area contributed by atoms with Gasteiger partial charge in [-0.2, -0.15) is 0 Å². The molecule has 4 nitrogen and oxygen atoms in total. The van der Waals surface area contributed by atoms with E-state index in [1.54, 1.807) is 6.92 Å². The summed E-state index contributed by atoms with van der Waals surface area (Å²) < 4.78 is 0. The van der Waals surface area contributed by atoms with E-state index in [0.717, 1.165) is 26.2 Å². The van der Waals surface area contributed by atoms with Crippen LogP contribution in [0.2, 0.25) is 0 Å². The number of carbonyl (C=O) groups excluding carboxylic acids is 1. The second kappa shape index (κ2) is 5.98. The van der Waals surface area contributed by atoms with E-state index in [-0.39, 0.29) is 5.91 Å². The molecule has 1 fully saturated rings. The Bertz CT molecular complexity index is 178. The van der Waals surface area contributed by atoms with Crippen LogP contribution < -0.4 is 10.6 Å². The second-order valence-corrected chi connectivity index (χ2v) is 3.96. The first kappa shape index (κ1) is 11.5. The Morgan fingerprint density at radius 1 is 1.64 bits per heavy atom. The minimum atomic E-state index is 0.0557. The van der Waals surface area contributed by atoms with Crippen LogP contribution in [0.1, 0.15) is 19.8 Å². The Morgan fingerprint density at radius 2 is 2.43 bits per heavy atom. The molecule has 2 N–H and O–H groups in total. The highest BCUT2D eigenvalue weighted by Gasteiger charge is 2.16. The van der Waals surface area contributed by atoms with Gasteiger partial charge in [0.2, 0.25) is 5.91 Å². The molecule has 0 bridgehead atoms. The lowest BCUT2D eigenvalue weighted by Crippen LogP contribution is -2.46. The van der Waals surface area contributed by atoms with Crippen LogP contribution in [-0.2, 0) is 4.79 Å². The van der Waals surface area contributed by atoms with Crippen LogP contribution in [0.15, 0.2) is 0 Å². The summed E-state index contributed by atoms with van der Waals surface area (Å²) in [6.45, 7) is 5.48. The molecule has 82 valence electrons. The van der Waals surface area contributed by atoms with Crippen molar-refractivity contribution in [3.05, 3.63) is 0 Å². The lowest BCUT2D eigenvalue weighted by Gasteiger charge is -2.31. The molecule has 1 atom stereocenters. The van der Waals surface area contributed by atoms with Gasteiger partial charge in [0.25, 0.3) is 0 Å². The number of amides is 1. The summed E-state index contributed by atoms with van der Waals surface area (Å²) in [5, 5.41) is 6.20. The monoisotopic (exact) mass is 199 g/mol. The van der Waals surface area contributed by atoms with Gasteiger partial charge in [-0.3, -0.25) is 4.79 Å². The van der Waals surface area contributed by atoms with E-state index in [1.165, 1.54) is 12.8 Å². The molecular formula is C10H21N3O. The topological polar surface area (TPSA) is 44.4 Å². The molecule has 1 unspecified atom stereocenters. The number of nitrogens with one attached hydrogen (secondary N) is 2. The Morgan fingerprint density at radius 3 is 3.00 bits per heavy atom. The maximum absolute atomic E-state index is 10.7. The summed E-state index contributed by atoms with van der Waals surface area (Å²) >= 11 is 0. The lowest BCUT2D eigenvalue weighted by molar-refractivity contribution is -0.119. The minimum Gasteiger partial charge on any atom is -0.355 e. The fraction of sp³-hybridized carbons (Fsp3) is 0.900. The average molecular weight is 199 g/mol. The van der Waals surface area contributed by atoms with E-state index >= 15 is 0 Å². The van der Waals surface area contributed by atoms with Crippen molar-refractivity contribution in [3.63, 3.8) is 0 Å². The molecule has 1 aliphatic rings. The zero-order valence-electron chi connectivity index (χ0n) is 9.18. The van der Waals surface area contributed by atoms with Crippen molar-refractivity contribution in [2.75, 3.05) is 33.2 Å².